The van der Waals surface area contributed by atoms with Crippen LogP contribution in [0, 0.1) is 0 Å². The number of aromatic hydroxyl groups is 4. The number of nitrogens with zero attached hydrogens (tertiary/aromatic N) is 1. The van der Waals surface area contributed by atoms with Gasteiger partial charge in [-0.25, -0.2) is 0 Å². The largest absolute Gasteiger partial charge is 0.504 e. The minimum absolute atomic E-state index is 0.00443. The van der Waals surface area contributed by atoms with Gasteiger partial charge in [-0.3, -0.25) is 14.4 Å². The van der Waals surface area contributed by atoms with Crippen LogP contribution in [0.25, 0.3) is 44.2 Å². The fourth-order valence-electron chi connectivity index (χ4n) is 5.19. The second-order valence-corrected chi connectivity index (χ2v) is 9.32. The number of pyridine rings is 1. The smallest absolute Gasteiger partial charge is 0.295 e. The van der Waals surface area contributed by atoms with Gasteiger partial charge in [-0.1, -0.05) is 19.3 Å². The molecule has 0 bridgehead atoms. The summed E-state index contributed by atoms with van der Waals surface area (Å²) in [6.45, 7) is 0. The van der Waals surface area contributed by atoms with E-state index in [0.717, 1.165) is 49.8 Å². The van der Waals surface area contributed by atoms with Crippen molar-refractivity contribution in [1.29, 1.82) is 0 Å². The molecule has 6 rings (SSSR count). The maximum atomic E-state index is 13.9. The van der Waals surface area contributed by atoms with E-state index in [1.165, 1.54) is 10.6 Å². The number of phenolic OH excluding ortho intramolecular Hbond substituents is 4. The first-order chi connectivity index (χ1) is 17.7. The van der Waals surface area contributed by atoms with Crippen LogP contribution in [-0.2, 0) is 0 Å². The summed E-state index contributed by atoms with van der Waals surface area (Å²) >= 11 is 0. The molecule has 3 heterocycles. The van der Waals surface area contributed by atoms with Crippen molar-refractivity contribution >= 4 is 32.9 Å². The fourth-order valence-corrected chi connectivity index (χ4v) is 5.19. The summed E-state index contributed by atoms with van der Waals surface area (Å²) in [6, 6.07) is 5.47. The Morgan fingerprint density at radius 3 is 1.97 bits per heavy atom. The summed E-state index contributed by atoms with van der Waals surface area (Å²) in [4.78, 5) is 40.8. The van der Waals surface area contributed by atoms with E-state index in [0.29, 0.717) is 12.8 Å². The van der Waals surface area contributed by atoms with Gasteiger partial charge in [0.2, 0.25) is 16.4 Å². The Kier molecular flexibility index (Phi) is 5.01. The molecule has 37 heavy (non-hydrogen) atoms. The van der Waals surface area contributed by atoms with E-state index in [4.69, 9.17) is 8.83 Å². The van der Waals surface area contributed by atoms with Crippen molar-refractivity contribution in [1.82, 2.24) is 4.57 Å². The van der Waals surface area contributed by atoms with Gasteiger partial charge >= 0.3 is 0 Å². The van der Waals surface area contributed by atoms with E-state index in [9.17, 15) is 34.8 Å². The van der Waals surface area contributed by atoms with Gasteiger partial charge in [0.25, 0.3) is 5.56 Å². The molecule has 188 valence electrons. The highest BCUT2D eigenvalue weighted by Gasteiger charge is 2.26. The molecule has 0 spiro atoms. The molecule has 0 saturated heterocycles. The Bertz CT molecular complexity index is 1920. The minimum Gasteiger partial charge on any atom is -0.504 e. The molecule has 0 radical (unpaired) electrons. The second kappa shape index (κ2) is 8.16. The van der Waals surface area contributed by atoms with E-state index in [1.807, 2.05) is 0 Å². The lowest BCUT2D eigenvalue weighted by Crippen LogP contribution is -2.30. The molecule has 3 aromatic heterocycles. The summed E-state index contributed by atoms with van der Waals surface area (Å²) in [6.07, 6.45) is 5.29. The van der Waals surface area contributed by atoms with Crippen LogP contribution in [0.4, 0.5) is 0 Å². The molecule has 0 atom stereocenters. The van der Waals surface area contributed by atoms with Crippen LogP contribution in [-0.4, -0.2) is 25.0 Å². The Balaban J connectivity index is 1.74. The van der Waals surface area contributed by atoms with Crippen molar-refractivity contribution in [3.8, 4) is 34.3 Å². The molecular formula is C27H21NO9. The van der Waals surface area contributed by atoms with Crippen LogP contribution in [0.15, 0.2) is 59.8 Å². The SMILES string of the molecule is O=c1c(-c2cc3c(=O)c4cc(O)c(O)cc4oc3c(=O)n2C2CCCCC2)coc2cc(O)c(O)cc12. The molecule has 10 heteroatoms. The van der Waals surface area contributed by atoms with Crippen LogP contribution >= 0.6 is 0 Å². The normalized spacial score (nSPS) is 14.6. The summed E-state index contributed by atoms with van der Waals surface area (Å²) in [7, 11) is 0. The lowest BCUT2D eigenvalue weighted by molar-refractivity contribution is 0.348. The highest BCUT2D eigenvalue weighted by Crippen LogP contribution is 2.35. The van der Waals surface area contributed by atoms with Crippen LogP contribution < -0.4 is 16.4 Å². The zero-order chi connectivity index (χ0) is 26.0. The average Bonchev–Trinajstić information content (AvgIpc) is 2.88. The van der Waals surface area contributed by atoms with E-state index in [-0.39, 0.29) is 50.2 Å². The molecule has 1 saturated carbocycles. The maximum Gasteiger partial charge on any atom is 0.295 e. The van der Waals surface area contributed by atoms with E-state index in [1.54, 1.807) is 0 Å². The number of hydrogen-bond acceptors (Lipinski definition) is 9. The third kappa shape index (κ3) is 3.44. The van der Waals surface area contributed by atoms with Crippen molar-refractivity contribution in [2.45, 2.75) is 38.1 Å². The van der Waals surface area contributed by atoms with Crippen molar-refractivity contribution in [2.75, 3.05) is 0 Å². The van der Waals surface area contributed by atoms with Crippen LogP contribution in [0.2, 0.25) is 0 Å². The third-order valence-corrected chi connectivity index (χ3v) is 7.06. The quantitative estimate of drug-likeness (QED) is 0.204. The summed E-state index contributed by atoms with van der Waals surface area (Å²) < 4.78 is 12.8. The van der Waals surface area contributed by atoms with Gasteiger partial charge in [0.1, 0.15) is 17.4 Å². The number of phenols is 4. The molecule has 0 unspecified atom stereocenters. The van der Waals surface area contributed by atoms with Crippen LogP contribution in [0.5, 0.6) is 23.0 Å². The predicted molar refractivity (Wildman–Crippen MR) is 135 cm³/mol. The molecule has 1 aliphatic carbocycles. The molecular weight excluding hydrogens is 482 g/mol. The summed E-state index contributed by atoms with van der Waals surface area (Å²) in [5.74, 6) is -1.97. The standard InChI is InChI=1S/C27H21NO9/c29-18-7-13-22(9-20(18)31)36-11-16(25(13)34)17-6-15-24(33)14-8-19(30)21(32)10-23(14)37-26(15)27(35)28(17)12-4-2-1-3-5-12/h6-12,29-32H,1-5H2. The highest BCUT2D eigenvalue weighted by molar-refractivity contribution is 5.93. The molecule has 1 fully saturated rings. The first kappa shape index (κ1) is 22.7. The molecule has 5 aromatic rings. The Morgan fingerprint density at radius 2 is 1.30 bits per heavy atom. The van der Waals surface area contributed by atoms with Gasteiger partial charge in [0, 0.05) is 18.2 Å². The van der Waals surface area contributed by atoms with Gasteiger partial charge in [-0.2, -0.15) is 0 Å². The highest BCUT2D eigenvalue weighted by atomic mass is 16.3. The van der Waals surface area contributed by atoms with Crippen molar-refractivity contribution in [3.05, 3.63) is 67.4 Å². The zero-order valence-electron chi connectivity index (χ0n) is 19.4. The van der Waals surface area contributed by atoms with E-state index in [2.05, 4.69) is 0 Å². The Hall–Kier alpha value is -4.73. The van der Waals surface area contributed by atoms with Crippen molar-refractivity contribution < 1.29 is 29.3 Å². The Labute approximate surface area is 206 Å². The van der Waals surface area contributed by atoms with Crippen LogP contribution in [0.3, 0.4) is 0 Å². The number of hydrogen-bond donors (Lipinski definition) is 4. The fraction of sp³-hybridized carbons (Fsp3) is 0.222. The van der Waals surface area contributed by atoms with Gasteiger partial charge in [-0.05, 0) is 31.0 Å². The molecule has 2 aromatic carbocycles. The first-order valence-corrected chi connectivity index (χ1v) is 11.8. The molecule has 4 N–H and O–H groups in total. The third-order valence-electron chi connectivity index (χ3n) is 7.06. The zero-order valence-corrected chi connectivity index (χ0v) is 19.4. The predicted octanol–water partition coefficient (Wildman–Crippen LogP) is 4.21. The monoisotopic (exact) mass is 503 g/mol. The number of fused-ring (bicyclic) bond motifs is 3. The van der Waals surface area contributed by atoms with Gasteiger partial charge in [0.15, 0.2) is 23.0 Å². The van der Waals surface area contributed by atoms with Crippen LogP contribution in [0.1, 0.15) is 38.1 Å². The minimum atomic E-state index is -0.617. The molecule has 1 aliphatic rings. The lowest BCUT2D eigenvalue weighted by Gasteiger charge is -2.26. The summed E-state index contributed by atoms with van der Waals surface area (Å²) in [5, 5.41) is 39.4. The molecule has 0 aliphatic heterocycles. The van der Waals surface area contributed by atoms with Crippen molar-refractivity contribution in [2.24, 2.45) is 0 Å². The Morgan fingerprint density at radius 1 is 0.703 bits per heavy atom. The lowest BCUT2D eigenvalue weighted by atomic mass is 9.94. The first-order valence-electron chi connectivity index (χ1n) is 11.8. The van der Waals surface area contributed by atoms with E-state index < -0.39 is 39.4 Å². The molecule has 10 nitrogen and oxygen atoms in total. The maximum absolute atomic E-state index is 13.9. The molecule has 0 amide bonds. The average molecular weight is 503 g/mol. The number of rotatable bonds is 2. The second-order valence-electron chi connectivity index (χ2n) is 9.32. The van der Waals surface area contributed by atoms with E-state index >= 15 is 0 Å². The van der Waals surface area contributed by atoms with Gasteiger partial charge < -0.3 is 33.8 Å². The topological polar surface area (TPSA) is 163 Å². The van der Waals surface area contributed by atoms with Gasteiger partial charge in [-0.15, -0.1) is 0 Å². The van der Waals surface area contributed by atoms with Crippen molar-refractivity contribution in [3.63, 3.8) is 0 Å². The van der Waals surface area contributed by atoms with Gasteiger partial charge in [0.05, 0.1) is 27.4 Å². The number of aromatic nitrogens is 1. The summed E-state index contributed by atoms with van der Waals surface area (Å²) in [5.41, 5.74) is -1.90. The number of benzene rings is 2.